The summed E-state index contributed by atoms with van der Waals surface area (Å²) in [6.07, 6.45) is 4.06. The Hall–Kier alpha value is -2.67. The number of benzene rings is 1. The number of hydrogen-bond acceptors (Lipinski definition) is 4. The first-order valence-electron chi connectivity index (χ1n) is 8.93. The minimum absolute atomic E-state index is 0.0107. The number of para-hydroxylation sites is 2. The standard InChI is InChI=1S/C19H23N5O2/c1-4-24-11-10-20-17(24)16-13(9-12-26-16)18(25)23(3)19-21-14-7-5-6-8-15(14)22(19)2/h5-8,10-11,13,16H,4,9,12H2,1-3H3/t13-,16-/m1/s1. The van der Waals surface area contributed by atoms with Gasteiger partial charge < -0.3 is 13.9 Å². The van der Waals surface area contributed by atoms with Crippen LogP contribution in [0.5, 0.6) is 0 Å². The topological polar surface area (TPSA) is 65.2 Å². The van der Waals surface area contributed by atoms with E-state index in [0.29, 0.717) is 19.0 Å². The molecule has 0 unspecified atom stereocenters. The molecule has 1 fully saturated rings. The van der Waals surface area contributed by atoms with Crippen molar-refractivity contribution in [2.75, 3.05) is 18.6 Å². The fourth-order valence-electron chi connectivity index (χ4n) is 3.72. The van der Waals surface area contributed by atoms with E-state index >= 15 is 0 Å². The van der Waals surface area contributed by atoms with E-state index in [-0.39, 0.29) is 17.9 Å². The summed E-state index contributed by atoms with van der Waals surface area (Å²) in [7, 11) is 3.71. The first kappa shape index (κ1) is 16.8. The van der Waals surface area contributed by atoms with Gasteiger partial charge in [0.25, 0.3) is 0 Å². The number of rotatable bonds is 4. The van der Waals surface area contributed by atoms with Gasteiger partial charge in [0.15, 0.2) is 0 Å². The summed E-state index contributed by atoms with van der Waals surface area (Å²) < 4.78 is 9.87. The molecule has 0 saturated carbocycles. The molecular formula is C19H23N5O2. The molecule has 0 aliphatic carbocycles. The van der Waals surface area contributed by atoms with E-state index in [1.807, 2.05) is 46.6 Å². The number of carbonyl (C=O) groups excluding carboxylic acids is 1. The summed E-state index contributed by atoms with van der Waals surface area (Å²) in [4.78, 5) is 23.9. The molecule has 0 bridgehead atoms. The minimum atomic E-state index is -0.311. The number of ether oxygens (including phenoxy) is 1. The van der Waals surface area contributed by atoms with Gasteiger partial charge >= 0.3 is 0 Å². The van der Waals surface area contributed by atoms with Crippen LogP contribution in [0, 0.1) is 5.92 Å². The highest BCUT2D eigenvalue weighted by Crippen LogP contribution is 2.35. The molecule has 26 heavy (non-hydrogen) atoms. The van der Waals surface area contributed by atoms with E-state index in [1.54, 1.807) is 18.1 Å². The number of hydrogen-bond donors (Lipinski definition) is 0. The molecular weight excluding hydrogens is 330 g/mol. The van der Waals surface area contributed by atoms with Crippen LogP contribution < -0.4 is 4.90 Å². The van der Waals surface area contributed by atoms with Gasteiger partial charge in [-0.05, 0) is 25.5 Å². The highest BCUT2D eigenvalue weighted by molar-refractivity contribution is 5.95. The van der Waals surface area contributed by atoms with Crippen molar-refractivity contribution in [3.05, 3.63) is 42.5 Å². The van der Waals surface area contributed by atoms with Crippen LogP contribution in [-0.4, -0.2) is 38.7 Å². The first-order valence-corrected chi connectivity index (χ1v) is 8.93. The summed E-state index contributed by atoms with van der Waals surface area (Å²) in [5.41, 5.74) is 1.88. The zero-order chi connectivity index (χ0) is 18.3. The van der Waals surface area contributed by atoms with Crippen LogP contribution in [0.1, 0.15) is 25.3 Å². The van der Waals surface area contributed by atoms with Crippen LogP contribution in [0.25, 0.3) is 11.0 Å². The van der Waals surface area contributed by atoms with E-state index in [1.165, 1.54) is 0 Å². The maximum atomic E-state index is 13.2. The molecule has 2 atom stereocenters. The van der Waals surface area contributed by atoms with Gasteiger partial charge in [-0.2, -0.15) is 0 Å². The summed E-state index contributed by atoms with van der Waals surface area (Å²) in [6.45, 7) is 3.42. The second-order valence-corrected chi connectivity index (χ2v) is 6.61. The highest BCUT2D eigenvalue weighted by atomic mass is 16.5. The van der Waals surface area contributed by atoms with E-state index in [9.17, 15) is 4.79 Å². The van der Waals surface area contributed by atoms with Crippen molar-refractivity contribution in [2.45, 2.75) is 26.0 Å². The molecule has 1 amide bonds. The number of imidazole rings is 2. The number of anilines is 1. The summed E-state index contributed by atoms with van der Waals surface area (Å²) in [5, 5.41) is 0. The van der Waals surface area contributed by atoms with Crippen molar-refractivity contribution < 1.29 is 9.53 Å². The van der Waals surface area contributed by atoms with Crippen molar-refractivity contribution in [2.24, 2.45) is 13.0 Å². The third-order valence-corrected chi connectivity index (χ3v) is 5.15. The molecule has 136 valence electrons. The smallest absolute Gasteiger partial charge is 0.235 e. The number of carbonyl (C=O) groups is 1. The number of aryl methyl sites for hydroxylation is 2. The maximum absolute atomic E-state index is 13.2. The Labute approximate surface area is 152 Å². The fourth-order valence-corrected chi connectivity index (χ4v) is 3.72. The number of amides is 1. The van der Waals surface area contributed by atoms with Crippen LogP contribution in [0.4, 0.5) is 5.95 Å². The monoisotopic (exact) mass is 353 g/mol. The van der Waals surface area contributed by atoms with Gasteiger partial charge in [-0.1, -0.05) is 12.1 Å². The Morgan fingerprint density at radius 2 is 2.19 bits per heavy atom. The largest absolute Gasteiger partial charge is 0.369 e. The van der Waals surface area contributed by atoms with Crippen molar-refractivity contribution in [3.63, 3.8) is 0 Å². The van der Waals surface area contributed by atoms with Crippen molar-refractivity contribution in [1.29, 1.82) is 0 Å². The lowest BCUT2D eigenvalue weighted by Gasteiger charge is -2.23. The van der Waals surface area contributed by atoms with Gasteiger partial charge in [-0.25, -0.2) is 9.97 Å². The van der Waals surface area contributed by atoms with Crippen LogP contribution >= 0.6 is 0 Å². The lowest BCUT2D eigenvalue weighted by Crippen LogP contribution is -2.36. The summed E-state index contributed by atoms with van der Waals surface area (Å²) >= 11 is 0. The van der Waals surface area contributed by atoms with Gasteiger partial charge in [0.1, 0.15) is 11.9 Å². The SMILES string of the molecule is CCn1ccnc1[C@@H]1OCC[C@H]1C(=O)N(C)c1nc2ccccc2n1C. The number of nitrogens with zero attached hydrogens (tertiary/aromatic N) is 5. The molecule has 1 aliphatic rings. The fraction of sp³-hybridized carbons (Fsp3) is 0.421. The normalized spacial score (nSPS) is 20.0. The molecule has 1 aromatic carbocycles. The number of fused-ring (bicyclic) bond motifs is 1. The van der Waals surface area contributed by atoms with Crippen LogP contribution in [0.15, 0.2) is 36.7 Å². The Kier molecular flexibility index (Phi) is 4.24. The molecule has 2 aromatic heterocycles. The second-order valence-electron chi connectivity index (χ2n) is 6.61. The van der Waals surface area contributed by atoms with Gasteiger partial charge in [0.05, 0.1) is 17.0 Å². The molecule has 3 heterocycles. The van der Waals surface area contributed by atoms with E-state index in [0.717, 1.165) is 23.4 Å². The molecule has 0 N–H and O–H groups in total. The quantitative estimate of drug-likeness (QED) is 0.723. The van der Waals surface area contributed by atoms with Crippen LogP contribution in [-0.2, 0) is 23.1 Å². The Morgan fingerprint density at radius 3 is 2.96 bits per heavy atom. The third-order valence-electron chi connectivity index (χ3n) is 5.15. The molecule has 7 heteroatoms. The lowest BCUT2D eigenvalue weighted by atomic mass is 9.99. The molecule has 0 radical (unpaired) electrons. The zero-order valence-corrected chi connectivity index (χ0v) is 15.3. The van der Waals surface area contributed by atoms with Crippen LogP contribution in [0.3, 0.4) is 0 Å². The van der Waals surface area contributed by atoms with Gasteiger partial charge in [-0.15, -0.1) is 0 Å². The Morgan fingerprint density at radius 1 is 1.38 bits per heavy atom. The number of aromatic nitrogens is 4. The van der Waals surface area contributed by atoms with E-state index in [4.69, 9.17) is 4.74 Å². The summed E-state index contributed by atoms with van der Waals surface area (Å²) in [5.74, 6) is 1.21. The van der Waals surface area contributed by atoms with Crippen molar-refractivity contribution in [3.8, 4) is 0 Å². The minimum Gasteiger partial charge on any atom is -0.369 e. The van der Waals surface area contributed by atoms with Crippen LogP contribution in [0.2, 0.25) is 0 Å². The summed E-state index contributed by atoms with van der Waals surface area (Å²) in [6, 6.07) is 7.88. The van der Waals surface area contributed by atoms with Gasteiger partial charge in [-0.3, -0.25) is 9.69 Å². The van der Waals surface area contributed by atoms with Gasteiger partial charge in [0, 0.05) is 39.6 Å². The van der Waals surface area contributed by atoms with E-state index < -0.39 is 0 Å². The lowest BCUT2D eigenvalue weighted by molar-refractivity contribution is -0.124. The molecule has 1 saturated heterocycles. The molecule has 7 nitrogen and oxygen atoms in total. The first-order chi connectivity index (χ1) is 12.6. The van der Waals surface area contributed by atoms with Gasteiger partial charge in [0.2, 0.25) is 11.9 Å². The highest BCUT2D eigenvalue weighted by Gasteiger charge is 2.40. The maximum Gasteiger partial charge on any atom is 0.235 e. The molecule has 1 aliphatic heterocycles. The molecule has 4 rings (SSSR count). The second kappa shape index (κ2) is 6.57. The Bertz CT molecular complexity index is 944. The van der Waals surface area contributed by atoms with E-state index in [2.05, 4.69) is 16.9 Å². The predicted octanol–water partition coefficient (Wildman–Crippen LogP) is 2.53. The average Bonchev–Trinajstić information content (AvgIpc) is 3.38. The van der Waals surface area contributed by atoms with Crippen molar-refractivity contribution >= 4 is 22.9 Å². The molecule has 0 spiro atoms. The Balaban J connectivity index is 1.64. The average molecular weight is 353 g/mol. The third kappa shape index (κ3) is 2.59. The van der Waals surface area contributed by atoms with Crippen molar-refractivity contribution in [1.82, 2.24) is 19.1 Å². The zero-order valence-electron chi connectivity index (χ0n) is 15.3. The predicted molar refractivity (Wildman–Crippen MR) is 98.8 cm³/mol. The molecule has 3 aromatic rings.